The maximum Gasteiger partial charge on any atom is 0.318 e. The van der Waals surface area contributed by atoms with E-state index >= 15 is 0 Å². The highest BCUT2D eigenvalue weighted by Gasteiger charge is 2.41. The Hall–Kier alpha value is -1.30. The first-order valence-corrected chi connectivity index (χ1v) is 10.1. The summed E-state index contributed by atoms with van der Waals surface area (Å²) < 4.78 is 17.3. The Balaban J connectivity index is 1.67. The van der Waals surface area contributed by atoms with Crippen molar-refractivity contribution >= 4 is 16.8 Å². The smallest absolute Gasteiger partial charge is 0.318 e. The number of furan rings is 1. The van der Waals surface area contributed by atoms with Crippen LogP contribution in [0.5, 0.6) is 0 Å². The fourth-order valence-electron chi connectivity index (χ4n) is 3.60. The lowest BCUT2D eigenvalue weighted by atomic mass is 9.84. The van der Waals surface area contributed by atoms with E-state index in [1.807, 2.05) is 17.0 Å². The van der Waals surface area contributed by atoms with E-state index in [1.165, 1.54) is 0 Å². The number of nitrogens with one attached hydrogen (secondary N) is 1. The van der Waals surface area contributed by atoms with E-state index in [9.17, 15) is 9.00 Å². The highest BCUT2D eigenvalue weighted by atomic mass is 32.2. The zero-order chi connectivity index (χ0) is 16.3. The van der Waals surface area contributed by atoms with Crippen LogP contribution in [-0.4, -0.2) is 39.2 Å². The van der Waals surface area contributed by atoms with Crippen LogP contribution >= 0.6 is 0 Å². The van der Waals surface area contributed by atoms with Gasteiger partial charge in [-0.3, -0.25) is 4.21 Å². The van der Waals surface area contributed by atoms with Crippen molar-refractivity contribution in [3.8, 4) is 0 Å². The van der Waals surface area contributed by atoms with Crippen LogP contribution in [-0.2, 0) is 10.8 Å². The molecule has 0 radical (unpaired) electrons. The largest absolute Gasteiger partial charge is 0.467 e. The molecule has 1 aromatic heterocycles. The molecule has 2 amide bonds. The van der Waals surface area contributed by atoms with E-state index < -0.39 is 10.8 Å². The first kappa shape index (κ1) is 16.6. The van der Waals surface area contributed by atoms with E-state index in [0.29, 0.717) is 6.54 Å². The van der Waals surface area contributed by atoms with Gasteiger partial charge in [-0.25, -0.2) is 4.79 Å². The van der Waals surface area contributed by atoms with Crippen LogP contribution < -0.4 is 5.32 Å². The zero-order valence-electron chi connectivity index (χ0n) is 13.8. The van der Waals surface area contributed by atoms with Crippen LogP contribution in [0.2, 0.25) is 0 Å². The van der Waals surface area contributed by atoms with Gasteiger partial charge in [0.15, 0.2) is 0 Å². The highest BCUT2D eigenvalue weighted by Crippen LogP contribution is 2.36. The second kappa shape index (κ2) is 7.07. The van der Waals surface area contributed by atoms with E-state index in [4.69, 9.17) is 4.42 Å². The lowest BCUT2D eigenvalue weighted by Crippen LogP contribution is -2.53. The molecular formula is C17H26N2O3S. The third kappa shape index (κ3) is 3.47. The molecule has 0 aromatic carbocycles. The third-order valence-corrected chi connectivity index (χ3v) is 7.09. The maximum absolute atomic E-state index is 12.7. The number of rotatable bonds is 4. The second-order valence-electron chi connectivity index (χ2n) is 6.72. The first-order valence-electron chi connectivity index (χ1n) is 8.54. The molecule has 3 rings (SSSR count). The van der Waals surface area contributed by atoms with Gasteiger partial charge in [0.25, 0.3) is 0 Å². The van der Waals surface area contributed by atoms with E-state index in [1.54, 1.807) is 12.5 Å². The fourth-order valence-corrected chi connectivity index (χ4v) is 4.74. The monoisotopic (exact) mass is 338 g/mol. The average molecular weight is 338 g/mol. The Kier molecular flexibility index (Phi) is 5.09. The van der Waals surface area contributed by atoms with Gasteiger partial charge in [0.1, 0.15) is 5.76 Å². The van der Waals surface area contributed by atoms with Gasteiger partial charge in [-0.15, -0.1) is 0 Å². The Morgan fingerprint density at radius 1 is 1.39 bits per heavy atom. The van der Waals surface area contributed by atoms with Gasteiger partial charge in [0.05, 0.1) is 17.1 Å². The number of hydrogen-bond donors (Lipinski definition) is 1. The van der Waals surface area contributed by atoms with Crippen molar-refractivity contribution in [1.29, 1.82) is 0 Å². The quantitative estimate of drug-likeness (QED) is 0.917. The lowest BCUT2D eigenvalue weighted by molar-refractivity contribution is 0.163. The molecule has 1 aliphatic carbocycles. The number of carbonyl (C=O) groups is 1. The van der Waals surface area contributed by atoms with Gasteiger partial charge in [-0.1, -0.05) is 19.3 Å². The predicted molar refractivity (Wildman–Crippen MR) is 90.7 cm³/mol. The Bertz CT molecular complexity index is 554. The standard InChI is InChI=1S/C17H26N2O3S/c1-23(21)17(9-6-10-17)13-18-16(20)19-11-4-2-3-7-14(19)15-8-5-12-22-15/h5,8,12,14H,2-4,6-7,9-11,13H2,1H3,(H,18,20)/t14-,23-/m1/s1. The van der Waals surface area contributed by atoms with Gasteiger partial charge >= 0.3 is 6.03 Å². The number of carbonyl (C=O) groups excluding carboxylic acids is 1. The topological polar surface area (TPSA) is 62.6 Å². The summed E-state index contributed by atoms with van der Waals surface area (Å²) in [4.78, 5) is 14.6. The number of amides is 2. The molecule has 23 heavy (non-hydrogen) atoms. The summed E-state index contributed by atoms with van der Waals surface area (Å²) in [7, 11) is -0.897. The van der Waals surface area contributed by atoms with E-state index in [-0.39, 0.29) is 16.8 Å². The molecule has 1 saturated heterocycles. The number of hydrogen-bond acceptors (Lipinski definition) is 3. The minimum atomic E-state index is -0.897. The number of nitrogens with zero attached hydrogens (tertiary/aromatic N) is 1. The van der Waals surface area contributed by atoms with E-state index in [0.717, 1.165) is 57.3 Å². The molecule has 0 bridgehead atoms. The molecule has 0 spiro atoms. The minimum Gasteiger partial charge on any atom is -0.467 e. The average Bonchev–Trinajstić information content (AvgIpc) is 2.90. The van der Waals surface area contributed by atoms with Crippen LogP contribution in [0.1, 0.15) is 56.7 Å². The SMILES string of the molecule is C[S@@](=O)C1(CNC(=O)N2CCCCC[C@@H]2c2ccco2)CCC1. The zero-order valence-corrected chi connectivity index (χ0v) is 14.6. The summed E-state index contributed by atoms with van der Waals surface area (Å²) in [5.41, 5.74) is 0. The van der Waals surface area contributed by atoms with Crippen LogP contribution in [0, 0.1) is 0 Å². The Labute approximate surface area is 140 Å². The summed E-state index contributed by atoms with van der Waals surface area (Å²) in [6.07, 6.45) is 10.6. The molecule has 128 valence electrons. The van der Waals surface area contributed by atoms with Crippen molar-refractivity contribution < 1.29 is 13.4 Å². The van der Waals surface area contributed by atoms with Crippen LogP contribution in [0.15, 0.2) is 22.8 Å². The maximum atomic E-state index is 12.7. The molecular weight excluding hydrogens is 312 g/mol. The lowest BCUT2D eigenvalue weighted by Gasteiger charge is -2.40. The molecule has 1 saturated carbocycles. The third-order valence-electron chi connectivity index (χ3n) is 5.32. The summed E-state index contributed by atoms with van der Waals surface area (Å²) in [5.74, 6) is 0.861. The minimum absolute atomic E-state index is 0.0111. The molecule has 6 heteroatoms. The number of urea groups is 1. The molecule has 0 unspecified atom stereocenters. The van der Waals surface area contributed by atoms with Gasteiger partial charge in [-0.2, -0.15) is 0 Å². The second-order valence-corrected chi connectivity index (χ2v) is 8.50. The van der Waals surface area contributed by atoms with Crippen molar-refractivity contribution in [3.05, 3.63) is 24.2 Å². The molecule has 2 aliphatic rings. The van der Waals surface area contributed by atoms with Crippen molar-refractivity contribution in [3.63, 3.8) is 0 Å². The Morgan fingerprint density at radius 3 is 2.83 bits per heavy atom. The molecule has 1 aromatic rings. The van der Waals surface area contributed by atoms with Gasteiger partial charge in [0.2, 0.25) is 0 Å². The predicted octanol–water partition coefficient (Wildman–Crippen LogP) is 3.21. The first-order chi connectivity index (χ1) is 11.1. The Morgan fingerprint density at radius 2 is 2.22 bits per heavy atom. The van der Waals surface area contributed by atoms with Crippen LogP contribution in [0.4, 0.5) is 4.79 Å². The fraction of sp³-hybridized carbons (Fsp3) is 0.706. The van der Waals surface area contributed by atoms with Crippen molar-refractivity contribution in [2.75, 3.05) is 19.3 Å². The van der Waals surface area contributed by atoms with Crippen LogP contribution in [0.25, 0.3) is 0 Å². The molecule has 1 aliphatic heterocycles. The van der Waals surface area contributed by atoms with E-state index in [2.05, 4.69) is 5.32 Å². The molecule has 2 atom stereocenters. The van der Waals surface area contributed by atoms with Gasteiger partial charge < -0.3 is 14.6 Å². The summed E-state index contributed by atoms with van der Waals surface area (Å²) in [5, 5.41) is 3.05. The van der Waals surface area contributed by atoms with Crippen LogP contribution in [0.3, 0.4) is 0 Å². The van der Waals surface area contributed by atoms with Gasteiger partial charge in [-0.05, 0) is 37.8 Å². The molecule has 5 nitrogen and oxygen atoms in total. The van der Waals surface area contributed by atoms with Crippen molar-refractivity contribution in [2.24, 2.45) is 0 Å². The van der Waals surface area contributed by atoms with Crippen molar-refractivity contribution in [1.82, 2.24) is 10.2 Å². The number of likely N-dealkylation sites (tertiary alicyclic amines) is 1. The molecule has 2 fully saturated rings. The normalized spacial score (nSPS) is 25.3. The summed E-state index contributed by atoms with van der Waals surface area (Å²) in [6, 6.07) is 3.78. The highest BCUT2D eigenvalue weighted by molar-refractivity contribution is 7.85. The van der Waals surface area contributed by atoms with Crippen molar-refractivity contribution in [2.45, 2.75) is 55.7 Å². The summed E-state index contributed by atoms with van der Waals surface area (Å²) >= 11 is 0. The molecule has 2 heterocycles. The summed E-state index contributed by atoms with van der Waals surface area (Å²) in [6.45, 7) is 1.26. The van der Waals surface area contributed by atoms with Gasteiger partial charge in [0, 0.05) is 30.1 Å². The molecule has 1 N–H and O–H groups in total.